The summed E-state index contributed by atoms with van der Waals surface area (Å²) in [4.78, 5) is 16.2. The molecule has 0 aromatic heterocycles. The number of aryl methyl sites for hydroxylation is 2. The van der Waals surface area contributed by atoms with Crippen molar-refractivity contribution in [1.29, 1.82) is 0 Å². The third-order valence-electron chi connectivity index (χ3n) is 7.22. The van der Waals surface area contributed by atoms with E-state index in [2.05, 4.69) is 129 Å². The van der Waals surface area contributed by atoms with Crippen LogP contribution in [0.25, 0.3) is 0 Å². The van der Waals surface area contributed by atoms with Crippen LogP contribution < -0.4 is 10.2 Å². The molecule has 4 nitrogen and oxygen atoms in total. The molecule has 0 unspecified atom stereocenters. The number of carbonyl (C=O) groups excluding carboxylic acids is 1. The van der Waals surface area contributed by atoms with E-state index < -0.39 is 0 Å². The molecule has 1 N–H and O–H groups in total. The van der Waals surface area contributed by atoms with Gasteiger partial charge in [0.05, 0.1) is 24.3 Å². The smallest absolute Gasteiger partial charge is 0.338 e. The highest BCUT2D eigenvalue weighted by Gasteiger charge is 2.41. The van der Waals surface area contributed by atoms with Crippen LogP contribution in [0, 0.1) is 13.8 Å². The molecule has 0 aliphatic carbocycles. The minimum absolute atomic E-state index is 0.0378. The third-order valence-corrected chi connectivity index (χ3v) is 8.28. The van der Waals surface area contributed by atoms with Crippen molar-refractivity contribution in [3.8, 4) is 0 Å². The number of nitrogens with one attached hydrogen (secondary N) is 1. The molecule has 4 aromatic carbocycles. The van der Waals surface area contributed by atoms with E-state index in [-0.39, 0.29) is 18.1 Å². The van der Waals surface area contributed by atoms with E-state index in [9.17, 15) is 4.79 Å². The number of halogens is 2. The maximum absolute atomic E-state index is 13.9. The predicted octanol–water partition coefficient (Wildman–Crippen LogP) is 9.45. The first kappa shape index (κ1) is 28.2. The van der Waals surface area contributed by atoms with Crippen LogP contribution in [-0.2, 0) is 9.53 Å². The Balaban J connectivity index is 1.77. The Morgan fingerprint density at radius 1 is 0.800 bits per heavy atom. The Labute approximate surface area is 253 Å². The molecule has 0 saturated carbocycles. The van der Waals surface area contributed by atoms with Gasteiger partial charge in [0.1, 0.15) is 0 Å². The molecular formula is C34H32Br2N2O2. The Bertz CT molecular complexity index is 1500. The lowest BCUT2D eigenvalue weighted by Gasteiger charge is -2.46. The summed E-state index contributed by atoms with van der Waals surface area (Å²) in [6, 6.07) is 33.1. The van der Waals surface area contributed by atoms with E-state index >= 15 is 0 Å². The summed E-state index contributed by atoms with van der Waals surface area (Å²) >= 11 is 7.13. The zero-order valence-corrected chi connectivity index (χ0v) is 26.0. The lowest BCUT2D eigenvalue weighted by molar-refractivity contribution is -0.139. The summed E-state index contributed by atoms with van der Waals surface area (Å²) < 4.78 is 7.73. The van der Waals surface area contributed by atoms with Gasteiger partial charge < -0.3 is 15.0 Å². The first-order chi connectivity index (χ1) is 19.3. The second-order valence-electron chi connectivity index (χ2n) is 10.1. The Kier molecular flexibility index (Phi) is 8.77. The number of hydrogen-bond donors (Lipinski definition) is 1. The quantitative estimate of drug-likeness (QED) is 0.201. The van der Waals surface area contributed by atoms with Crippen molar-refractivity contribution < 1.29 is 9.53 Å². The van der Waals surface area contributed by atoms with E-state index in [1.54, 1.807) is 0 Å². The number of ether oxygens (including phenoxy) is 1. The second-order valence-corrected chi connectivity index (χ2v) is 11.9. The van der Waals surface area contributed by atoms with Gasteiger partial charge in [-0.2, -0.15) is 0 Å². The van der Waals surface area contributed by atoms with Crippen molar-refractivity contribution in [1.82, 2.24) is 0 Å². The Hall–Kier alpha value is -3.35. The molecule has 0 saturated heterocycles. The molecule has 0 spiro atoms. The van der Waals surface area contributed by atoms with Crippen molar-refractivity contribution >= 4 is 49.2 Å². The van der Waals surface area contributed by atoms with Crippen LogP contribution in [0.4, 0.5) is 11.4 Å². The lowest BCUT2D eigenvalue weighted by atomic mass is 9.83. The molecule has 5 rings (SSSR count). The average Bonchev–Trinajstić information content (AvgIpc) is 2.95. The van der Waals surface area contributed by atoms with Crippen molar-refractivity contribution in [3.63, 3.8) is 0 Å². The van der Waals surface area contributed by atoms with E-state index in [1.165, 1.54) is 16.7 Å². The van der Waals surface area contributed by atoms with Crippen LogP contribution in [0.2, 0.25) is 0 Å². The number of hydrogen-bond acceptors (Lipinski definition) is 4. The van der Waals surface area contributed by atoms with Crippen molar-refractivity contribution in [2.24, 2.45) is 0 Å². The highest BCUT2D eigenvalue weighted by molar-refractivity contribution is 9.10. The largest absolute Gasteiger partial charge is 0.463 e. The van der Waals surface area contributed by atoms with Crippen LogP contribution in [-0.4, -0.2) is 12.6 Å². The molecule has 0 bridgehead atoms. The number of esters is 1. The molecule has 2 atom stereocenters. The summed E-state index contributed by atoms with van der Waals surface area (Å²) in [5.41, 5.74) is 8.03. The summed E-state index contributed by atoms with van der Waals surface area (Å²) in [6.45, 7) is 6.33. The topological polar surface area (TPSA) is 41.6 Å². The molecule has 6 heteroatoms. The van der Waals surface area contributed by atoms with E-state index in [4.69, 9.17) is 4.74 Å². The SMILES string of the molecule is CCOC(=O)C1=C(Nc2ccc(Br)cc2)C[C@@H](c2ccc(C)cc2)N(c2ccc(Br)cc2)[C@@H]1c1ccc(C)cc1. The average molecular weight is 660 g/mol. The van der Waals surface area contributed by atoms with Crippen LogP contribution in [0.15, 0.2) is 117 Å². The zero-order chi connectivity index (χ0) is 28.2. The minimum atomic E-state index is -0.376. The number of anilines is 2. The van der Waals surface area contributed by atoms with Crippen molar-refractivity contribution in [2.45, 2.75) is 39.3 Å². The molecule has 0 fully saturated rings. The monoisotopic (exact) mass is 658 g/mol. The van der Waals surface area contributed by atoms with Gasteiger partial charge in [-0.05, 0) is 80.4 Å². The molecular weight excluding hydrogens is 628 g/mol. The summed E-state index contributed by atoms with van der Waals surface area (Å²) in [6.07, 6.45) is 0.603. The van der Waals surface area contributed by atoms with Gasteiger partial charge in [-0.15, -0.1) is 0 Å². The summed E-state index contributed by atoms with van der Waals surface area (Å²) in [5, 5.41) is 3.62. The first-order valence-electron chi connectivity index (χ1n) is 13.4. The Morgan fingerprint density at radius 3 is 1.88 bits per heavy atom. The molecule has 1 aliphatic heterocycles. The number of rotatable bonds is 7. The van der Waals surface area contributed by atoms with Crippen molar-refractivity contribution in [2.75, 3.05) is 16.8 Å². The lowest BCUT2D eigenvalue weighted by Crippen LogP contribution is -2.41. The van der Waals surface area contributed by atoms with Gasteiger partial charge in [0.25, 0.3) is 0 Å². The van der Waals surface area contributed by atoms with Crippen LogP contribution in [0.1, 0.15) is 47.7 Å². The van der Waals surface area contributed by atoms with Gasteiger partial charge in [0.15, 0.2) is 0 Å². The van der Waals surface area contributed by atoms with E-state index in [0.29, 0.717) is 18.6 Å². The van der Waals surface area contributed by atoms with Crippen LogP contribution in [0.5, 0.6) is 0 Å². The molecule has 1 heterocycles. The fourth-order valence-corrected chi connectivity index (χ4v) is 5.77. The maximum Gasteiger partial charge on any atom is 0.338 e. The highest BCUT2D eigenvalue weighted by Crippen LogP contribution is 2.48. The fraction of sp³-hybridized carbons (Fsp3) is 0.206. The van der Waals surface area contributed by atoms with Gasteiger partial charge in [-0.25, -0.2) is 4.79 Å². The molecule has 4 aromatic rings. The molecule has 204 valence electrons. The number of benzene rings is 4. The highest BCUT2D eigenvalue weighted by atomic mass is 79.9. The van der Waals surface area contributed by atoms with E-state index in [1.807, 2.05) is 31.2 Å². The van der Waals surface area contributed by atoms with Crippen LogP contribution in [0.3, 0.4) is 0 Å². The molecule has 40 heavy (non-hydrogen) atoms. The molecule has 1 aliphatic rings. The molecule has 0 amide bonds. The van der Waals surface area contributed by atoms with E-state index in [0.717, 1.165) is 31.6 Å². The van der Waals surface area contributed by atoms with Gasteiger partial charge in [0.2, 0.25) is 0 Å². The number of nitrogens with zero attached hydrogens (tertiary/aromatic N) is 1. The predicted molar refractivity (Wildman–Crippen MR) is 171 cm³/mol. The standard InChI is InChI=1S/C34H32Br2N2O2/c1-4-40-34(39)32-30(37-28-17-13-26(35)14-18-28)21-31(24-9-5-22(2)6-10-24)38(29-19-15-27(36)16-20-29)33(32)25-11-7-23(3)8-12-25/h5-20,31,33,37H,4,21H2,1-3H3/t31-,33+/m0/s1. The third kappa shape index (κ3) is 6.18. The first-order valence-corrected chi connectivity index (χ1v) is 15.0. The van der Waals surface area contributed by atoms with Gasteiger partial charge in [-0.1, -0.05) is 91.5 Å². The van der Waals surface area contributed by atoms with Gasteiger partial charge in [-0.3, -0.25) is 0 Å². The van der Waals surface area contributed by atoms with Crippen molar-refractivity contribution in [3.05, 3.63) is 140 Å². The summed E-state index contributed by atoms with van der Waals surface area (Å²) in [7, 11) is 0. The maximum atomic E-state index is 13.9. The van der Waals surface area contributed by atoms with Crippen LogP contribution >= 0.6 is 31.9 Å². The van der Waals surface area contributed by atoms with Gasteiger partial charge >= 0.3 is 5.97 Å². The Morgan fingerprint density at radius 2 is 1.32 bits per heavy atom. The molecule has 0 radical (unpaired) electrons. The normalized spacial score (nSPS) is 17.1. The van der Waals surface area contributed by atoms with Gasteiger partial charge in [0, 0.05) is 32.4 Å². The minimum Gasteiger partial charge on any atom is -0.463 e. The fourth-order valence-electron chi connectivity index (χ4n) is 5.24. The summed E-state index contributed by atoms with van der Waals surface area (Å²) in [5.74, 6) is -0.308. The zero-order valence-electron chi connectivity index (χ0n) is 22.8. The number of carbonyl (C=O) groups is 1. The second kappa shape index (κ2) is 12.4.